The highest BCUT2D eigenvalue weighted by Gasteiger charge is 2.39. The van der Waals surface area contributed by atoms with Gasteiger partial charge in [0.1, 0.15) is 23.0 Å². The normalized spacial score (nSPS) is 21.9. The van der Waals surface area contributed by atoms with Crippen molar-refractivity contribution in [2.75, 3.05) is 18.0 Å². The molecule has 1 amide bonds. The Morgan fingerprint density at radius 1 is 1.33 bits per heavy atom. The lowest BCUT2D eigenvalue weighted by Gasteiger charge is -2.41. The summed E-state index contributed by atoms with van der Waals surface area (Å²) in [5, 5.41) is 13.1. The molecule has 1 aromatic carbocycles. The van der Waals surface area contributed by atoms with E-state index < -0.39 is 5.60 Å². The number of rotatable bonds is 6. The average molecular weight is 429 g/mol. The Balaban J connectivity index is 1.07. The second-order valence-corrected chi connectivity index (χ2v) is 9.43. The summed E-state index contributed by atoms with van der Waals surface area (Å²) in [6.45, 7) is 4.61. The molecule has 0 radical (unpaired) electrons. The third-order valence-corrected chi connectivity index (χ3v) is 6.47. The summed E-state index contributed by atoms with van der Waals surface area (Å²) in [5.74, 6) is 1.29. The number of anilines is 1. The van der Waals surface area contributed by atoms with Gasteiger partial charge in [-0.1, -0.05) is 6.07 Å². The molecule has 2 fully saturated rings. The van der Waals surface area contributed by atoms with Crippen molar-refractivity contribution in [3.05, 3.63) is 35.7 Å². The van der Waals surface area contributed by atoms with Crippen LogP contribution in [-0.4, -0.2) is 46.2 Å². The first-order valence-electron chi connectivity index (χ1n) is 10.1. The predicted molar refractivity (Wildman–Crippen MR) is 113 cm³/mol. The summed E-state index contributed by atoms with van der Waals surface area (Å²) in [4.78, 5) is 23.0. The molecule has 2 N–H and O–H groups in total. The molecule has 158 valence electrons. The van der Waals surface area contributed by atoms with Crippen molar-refractivity contribution in [1.29, 1.82) is 0 Å². The fourth-order valence-electron chi connectivity index (χ4n) is 3.75. The van der Waals surface area contributed by atoms with Gasteiger partial charge in [0, 0.05) is 19.0 Å². The van der Waals surface area contributed by atoms with Crippen molar-refractivity contribution in [3.8, 4) is 5.75 Å². The van der Waals surface area contributed by atoms with Gasteiger partial charge in [-0.15, -0.1) is 11.3 Å². The number of fused-ring (bicyclic) bond motifs is 1. The van der Waals surface area contributed by atoms with E-state index in [4.69, 9.17) is 9.15 Å². The van der Waals surface area contributed by atoms with Gasteiger partial charge in [-0.05, 0) is 38.8 Å². The molecule has 8 nitrogen and oxygen atoms in total. The molecule has 0 spiro atoms. The average Bonchev–Trinajstić information content (AvgIpc) is 3.29. The lowest BCUT2D eigenvalue weighted by molar-refractivity contribution is -0.131. The van der Waals surface area contributed by atoms with E-state index >= 15 is 0 Å². The van der Waals surface area contributed by atoms with E-state index in [0.717, 1.165) is 28.8 Å². The number of aromatic nitrogens is 2. The second-order valence-electron chi connectivity index (χ2n) is 8.54. The van der Waals surface area contributed by atoms with Gasteiger partial charge in [0.15, 0.2) is 5.76 Å². The molecule has 3 heterocycles. The maximum absolute atomic E-state index is 12.5. The zero-order chi connectivity index (χ0) is 20.9. The quantitative estimate of drug-likeness (QED) is 0.622. The van der Waals surface area contributed by atoms with E-state index in [1.54, 1.807) is 31.4 Å². The van der Waals surface area contributed by atoms with Gasteiger partial charge >= 0.3 is 0 Å². The van der Waals surface area contributed by atoms with E-state index in [9.17, 15) is 9.90 Å². The maximum atomic E-state index is 12.5. The molecule has 3 aromatic rings. The van der Waals surface area contributed by atoms with Crippen LogP contribution in [0.25, 0.3) is 10.2 Å². The van der Waals surface area contributed by atoms with E-state index in [1.807, 2.05) is 28.6 Å². The van der Waals surface area contributed by atoms with Crippen molar-refractivity contribution in [1.82, 2.24) is 15.3 Å². The molecule has 2 aromatic heterocycles. The Hall–Kier alpha value is -2.65. The van der Waals surface area contributed by atoms with Gasteiger partial charge in [-0.25, -0.2) is 9.97 Å². The molecular formula is C21H24N4O4S. The SMILES string of the molecule is CC(C)(O)c1cnc(N2CC(NC(=O)[C@H]3C[C@H](Oc4cccc5scnc45)C3)C2)o1. The van der Waals surface area contributed by atoms with Crippen molar-refractivity contribution >= 4 is 33.5 Å². The van der Waals surface area contributed by atoms with Crippen LogP contribution in [0.4, 0.5) is 6.01 Å². The first-order chi connectivity index (χ1) is 14.4. The summed E-state index contributed by atoms with van der Waals surface area (Å²) < 4.78 is 12.8. The highest BCUT2D eigenvalue weighted by atomic mass is 32.1. The van der Waals surface area contributed by atoms with E-state index in [1.165, 1.54) is 0 Å². The van der Waals surface area contributed by atoms with Crippen LogP contribution in [0, 0.1) is 5.92 Å². The zero-order valence-electron chi connectivity index (χ0n) is 16.9. The minimum atomic E-state index is -1.06. The second kappa shape index (κ2) is 7.24. The Bertz CT molecular complexity index is 1060. The summed E-state index contributed by atoms with van der Waals surface area (Å²) >= 11 is 1.59. The third kappa shape index (κ3) is 3.63. The molecular weight excluding hydrogens is 404 g/mol. The Morgan fingerprint density at radius 3 is 2.87 bits per heavy atom. The molecule has 5 rings (SSSR count). The first kappa shape index (κ1) is 19.3. The van der Waals surface area contributed by atoms with Gasteiger partial charge in [0.05, 0.1) is 22.4 Å². The molecule has 0 bridgehead atoms. The van der Waals surface area contributed by atoms with Gasteiger partial charge in [-0.2, -0.15) is 0 Å². The van der Waals surface area contributed by atoms with Gasteiger partial charge in [0.25, 0.3) is 6.01 Å². The van der Waals surface area contributed by atoms with Crippen molar-refractivity contribution in [2.45, 2.75) is 44.4 Å². The van der Waals surface area contributed by atoms with Crippen LogP contribution < -0.4 is 15.0 Å². The zero-order valence-corrected chi connectivity index (χ0v) is 17.7. The molecule has 0 atom stereocenters. The lowest BCUT2D eigenvalue weighted by atomic mass is 9.81. The Kier molecular flexibility index (Phi) is 4.67. The standard InChI is InChI=1S/C21H24N4O4S/c1-21(2,27)17-8-22-20(29-17)25-9-13(10-25)24-19(26)12-6-14(7-12)28-15-4-3-5-16-18(15)23-11-30-16/h3-5,8,11-14,27H,6-7,9-10H2,1-2H3,(H,24,26)/t12-,14-. The number of benzene rings is 1. The molecule has 1 aliphatic carbocycles. The van der Waals surface area contributed by atoms with Crippen LogP contribution in [0.3, 0.4) is 0 Å². The van der Waals surface area contributed by atoms with Gasteiger partial charge in [-0.3, -0.25) is 4.79 Å². The number of hydrogen-bond donors (Lipinski definition) is 2. The number of ether oxygens (including phenoxy) is 1. The smallest absolute Gasteiger partial charge is 0.297 e. The van der Waals surface area contributed by atoms with Gasteiger partial charge < -0.3 is 24.5 Å². The monoisotopic (exact) mass is 428 g/mol. The Labute approximate surface area is 177 Å². The number of carbonyl (C=O) groups is 1. The van der Waals surface area contributed by atoms with E-state index in [-0.39, 0.29) is 24.0 Å². The number of thiazole rings is 1. The molecule has 9 heteroatoms. The predicted octanol–water partition coefficient (Wildman–Crippen LogP) is 2.67. The van der Waals surface area contributed by atoms with Crippen molar-refractivity contribution < 1.29 is 19.1 Å². The minimum absolute atomic E-state index is 0.0118. The molecule has 0 unspecified atom stereocenters. The fraction of sp³-hybridized carbons (Fsp3) is 0.476. The van der Waals surface area contributed by atoms with E-state index in [0.29, 0.717) is 24.9 Å². The molecule has 2 aliphatic rings. The number of nitrogens with zero attached hydrogens (tertiary/aromatic N) is 3. The molecule has 30 heavy (non-hydrogen) atoms. The number of oxazole rings is 1. The van der Waals surface area contributed by atoms with Crippen LogP contribution >= 0.6 is 11.3 Å². The van der Waals surface area contributed by atoms with Crippen LogP contribution in [0.5, 0.6) is 5.75 Å². The number of para-hydroxylation sites is 1. The minimum Gasteiger partial charge on any atom is -0.488 e. The molecule has 1 saturated heterocycles. The largest absolute Gasteiger partial charge is 0.488 e. The van der Waals surface area contributed by atoms with Crippen LogP contribution in [0.15, 0.2) is 34.3 Å². The van der Waals surface area contributed by atoms with Crippen LogP contribution in [0.2, 0.25) is 0 Å². The fourth-order valence-corrected chi connectivity index (χ4v) is 4.44. The van der Waals surface area contributed by atoms with Crippen LogP contribution in [0.1, 0.15) is 32.4 Å². The highest BCUT2D eigenvalue weighted by molar-refractivity contribution is 7.16. The lowest BCUT2D eigenvalue weighted by Crippen LogP contribution is -2.61. The number of nitrogens with one attached hydrogen (secondary N) is 1. The first-order valence-corrected chi connectivity index (χ1v) is 11.0. The van der Waals surface area contributed by atoms with E-state index in [2.05, 4.69) is 15.3 Å². The third-order valence-electron chi connectivity index (χ3n) is 5.68. The van der Waals surface area contributed by atoms with Crippen LogP contribution in [-0.2, 0) is 10.4 Å². The van der Waals surface area contributed by atoms with Crippen molar-refractivity contribution in [3.63, 3.8) is 0 Å². The summed E-state index contributed by atoms with van der Waals surface area (Å²) in [6, 6.07) is 6.50. The molecule has 1 saturated carbocycles. The molecule has 1 aliphatic heterocycles. The summed E-state index contributed by atoms with van der Waals surface area (Å²) in [7, 11) is 0. The number of hydrogen-bond acceptors (Lipinski definition) is 8. The highest BCUT2D eigenvalue weighted by Crippen LogP contribution is 2.35. The number of aliphatic hydroxyl groups is 1. The number of amides is 1. The number of carbonyl (C=O) groups excluding carboxylic acids is 1. The maximum Gasteiger partial charge on any atom is 0.297 e. The Morgan fingerprint density at radius 2 is 2.13 bits per heavy atom. The van der Waals surface area contributed by atoms with Gasteiger partial charge in [0.2, 0.25) is 5.91 Å². The summed E-state index contributed by atoms with van der Waals surface area (Å²) in [6.07, 6.45) is 3.04. The van der Waals surface area contributed by atoms with Crippen molar-refractivity contribution in [2.24, 2.45) is 5.92 Å². The topological polar surface area (TPSA) is 101 Å². The summed E-state index contributed by atoms with van der Waals surface area (Å²) in [5.41, 5.74) is 1.65.